The molecule has 0 aliphatic carbocycles. The van der Waals surface area contributed by atoms with Gasteiger partial charge in [-0.1, -0.05) is 12.1 Å². The monoisotopic (exact) mass is 304 g/mol. The largest absolute Gasteiger partial charge is 0.496 e. The Hall–Kier alpha value is -2.05. The van der Waals surface area contributed by atoms with Crippen molar-refractivity contribution in [3.8, 4) is 5.75 Å². The molecule has 5 nitrogen and oxygen atoms in total. The molecule has 0 amide bonds. The Kier molecular flexibility index (Phi) is 5.19. The number of nitro groups is 1. The second kappa shape index (κ2) is 7.10. The van der Waals surface area contributed by atoms with Crippen molar-refractivity contribution in [2.45, 2.75) is 17.2 Å². The molecule has 0 aromatic heterocycles. The van der Waals surface area contributed by atoms with E-state index in [2.05, 4.69) is 0 Å². The van der Waals surface area contributed by atoms with E-state index in [1.807, 2.05) is 30.3 Å². The molecule has 0 atom stereocenters. The van der Waals surface area contributed by atoms with Gasteiger partial charge in [-0.2, -0.15) is 0 Å². The van der Waals surface area contributed by atoms with Crippen LogP contribution in [0.2, 0.25) is 0 Å². The first kappa shape index (κ1) is 15.3. The zero-order chi connectivity index (χ0) is 15.2. The minimum absolute atomic E-state index is 0.0448. The van der Waals surface area contributed by atoms with Gasteiger partial charge in [0, 0.05) is 23.3 Å². The molecular weight excluding hydrogens is 288 g/mol. The lowest BCUT2D eigenvalue weighted by Crippen LogP contribution is -1.95. The first-order chi connectivity index (χ1) is 10.1. The maximum absolute atomic E-state index is 10.9. The highest BCUT2D eigenvalue weighted by Crippen LogP contribution is 2.28. The quantitative estimate of drug-likeness (QED) is 0.503. The zero-order valence-electron chi connectivity index (χ0n) is 11.6. The Morgan fingerprint density at radius 3 is 2.48 bits per heavy atom. The number of nitro benzene ring substituents is 1. The molecule has 0 spiro atoms. The molecule has 2 aromatic rings. The van der Waals surface area contributed by atoms with Gasteiger partial charge >= 0.3 is 0 Å². The molecule has 0 saturated carbocycles. The smallest absolute Gasteiger partial charge is 0.273 e. The van der Waals surface area contributed by atoms with Gasteiger partial charge in [-0.25, -0.2) is 0 Å². The number of non-ortho nitro benzene ring substituents is 1. The summed E-state index contributed by atoms with van der Waals surface area (Å²) >= 11 is 1.61. The third kappa shape index (κ3) is 4.21. The lowest BCUT2D eigenvalue weighted by Gasteiger charge is -2.06. The standard InChI is InChI=1S/C15H16N2O3S/c1-20-14-7-12(6-13(8-14)17(18)19)10-21-15-4-2-11(9-16)3-5-15/h2-8H,9-10,16H2,1H3. The van der Waals surface area contributed by atoms with Crippen LogP contribution in [0.5, 0.6) is 5.75 Å². The molecule has 2 rings (SSSR count). The Balaban J connectivity index is 2.11. The van der Waals surface area contributed by atoms with Gasteiger partial charge in [0.15, 0.2) is 0 Å². The highest BCUT2D eigenvalue weighted by molar-refractivity contribution is 7.98. The lowest BCUT2D eigenvalue weighted by molar-refractivity contribution is -0.385. The van der Waals surface area contributed by atoms with Gasteiger partial charge in [-0.15, -0.1) is 11.8 Å². The normalized spacial score (nSPS) is 10.4. The van der Waals surface area contributed by atoms with Gasteiger partial charge in [0.25, 0.3) is 5.69 Å². The molecule has 0 bridgehead atoms. The predicted molar refractivity (Wildman–Crippen MR) is 83.5 cm³/mol. The van der Waals surface area contributed by atoms with Gasteiger partial charge in [0.2, 0.25) is 0 Å². The molecular formula is C15H16N2O3S. The van der Waals surface area contributed by atoms with E-state index in [1.165, 1.54) is 13.2 Å². The Labute approximate surface area is 127 Å². The number of hydrogen-bond acceptors (Lipinski definition) is 5. The van der Waals surface area contributed by atoms with E-state index in [9.17, 15) is 10.1 Å². The summed E-state index contributed by atoms with van der Waals surface area (Å²) in [4.78, 5) is 11.6. The summed E-state index contributed by atoms with van der Waals surface area (Å²) in [7, 11) is 1.50. The Morgan fingerprint density at radius 2 is 1.90 bits per heavy atom. The molecule has 0 aliphatic rings. The molecule has 0 saturated heterocycles. The molecule has 0 heterocycles. The highest BCUT2D eigenvalue weighted by Gasteiger charge is 2.10. The number of nitrogens with two attached hydrogens (primary N) is 1. The van der Waals surface area contributed by atoms with Crippen molar-refractivity contribution in [3.05, 3.63) is 63.7 Å². The summed E-state index contributed by atoms with van der Waals surface area (Å²) in [6.07, 6.45) is 0. The molecule has 2 aromatic carbocycles. The topological polar surface area (TPSA) is 78.4 Å². The second-order valence-corrected chi connectivity index (χ2v) is 5.48. The minimum Gasteiger partial charge on any atom is -0.496 e. The number of benzene rings is 2. The van der Waals surface area contributed by atoms with E-state index in [0.717, 1.165) is 16.0 Å². The lowest BCUT2D eigenvalue weighted by atomic mass is 10.2. The van der Waals surface area contributed by atoms with Gasteiger partial charge < -0.3 is 10.5 Å². The van der Waals surface area contributed by atoms with E-state index < -0.39 is 4.92 Å². The summed E-state index contributed by atoms with van der Waals surface area (Å²) in [6, 6.07) is 12.8. The zero-order valence-corrected chi connectivity index (χ0v) is 12.4. The van der Waals surface area contributed by atoms with E-state index in [1.54, 1.807) is 17.8 Å². The van der Waals surface area contributed by atoms with E-state index in [-0.39, 0.29) is 5.69 Å². The van der Waals surface area contributed by atoms with Gasteiger partial charge in [-0.3, -0.25) is 10.1 Å². The minimum atomic E-state index is -0.410. The van der Waals surface area contributed by atoms with Crippen LogP contribution in [0.1, 0.15) is 11.1 Å². The fourth-order valence-corrected chi connectivity index (χ4v) is 2.67. The molecule has 0 fully saturated rings. The highest BCUT2D eigenvalue weighted by atomic mass is 32.2. The van der Waals surface area contributed by atoms with Crippen molar-refractivity contribution in [3.63, 3.8) is 0 Å². The van der Waals surface area contributed by atoms with Crippen LogP contribution in [-0.2, 0) is 12.3 Å². The van der Waals surface area contributed by atoms with Crippen molar-refractivity contribution >= 4 is 17.4 Å². The van der Waals surface area contributed by atoms with E-state index in [0.29, 0.717) is 18.0 Å². The number of ether oxygens (including phenoxy) is 1. The molecule has 0 unspecified atom stereocenters. The van der Waals surface area contributed by atoms with Crippen LogP contribution in [0.25, 0.3) is 0 Å². The molecule has 110 valence electrons. The number of methoxy groups -OCH3 is 1. The van der Waals surface area contributed by atoms with Crippen molar-refractivity contribution in [2.75, 3.05) is 7.11 Å². The number of nitrogens with zero attached hydrogens (tertiary/aromatic N) is 1. The summed E-state index contributed by atoms with van der Waals surface area (Å²) in [5.74, 6) is 1.14. The summed E-state index contributed by atoms with van der Waals surface area (Å²) in [6.45, 7) is 0.521. The SMILES string of the molecule is COc1cc(CSc2ccc(CN)cc2)cc([N+](=O)[O-])c1. The van der Waals surface area contributed by atoms with Crippen LogP contribution < -0.4 is 10.5 Å². The Morgan fingerprint density at radius 1 is 1.19 bits per heavy atom. The third-order valence-corrected chi connectivity index (χ3v) is 4.05. The number of hydrogen-bond donors (Lipinski definition) is 1. The molecule has 6 heteroatoms. The first-order valence-electron chi connectivity index (χ1n) is 6.36. The van der Waals surface area contributed by atoms with Gasteiger partial charge in [0.05, 0.1) is 18.1 Å². The maximum Gasteiger partial charge on any atom is 0.273 e. The predicted octanol–water partition coefficient (Wildman–Crippen LogP) is 3.35. The van der Waals surface area contributed by atoms with Crippen LogP contribution in [0.15, 0.2) is 47.4 Å². The molecule has 0 radical (unpaired) electrons. The summed E-state index contributed by atoms with van der Waals surface area (Å²) in [5, 5.41) is 10.9. The van der Waals surface area contributed by atoms with E-state index in [4.69, 9.17) is 10.5 Å². The van der Waals surface area contributed by atoms with E-state index >= 15 is 0 Å². The molecule has 0 aliphatic heterocycles. The molecule has 21 heavy (non-hydrogen) atoms. The fourth-order valence-electron chi connectivity index (χ4n) is 1.84. The number of thioether (sulfide) groups is 1. The average Bonchev–Trinajstić information content (AvgIpc) is 2.53. The second-order valence-electron chi connectivity index (χ2n) is 4.43. The van der Waals surface area contributed by atoms with Gasteiger partial charge in [-0.05, 0) is 29.3 Å². The van der Waals surface area contributed by atoms with Crippen LogP contribution in [0.4, 0.5) is 5.69 Å². The average molecular weight is 304 g/mol. The summed E-state index contributed by atoms with van der Waals surface area (Å²) < 4.78 is 5.10. The van der Waals surface area contributed by atoms with Gasteiger partial charge in [0.1, 0.15) is 5.75 Å². The van der Waals surface area contributed by atoms with Crippen LogP contribution in [0.3, 0.4) is 0 Å². The van der Waals surface area contributed by atoms with Crippen molar-refractivity contribution in [2.24, 2.45) is 5.73 Å². The van der Waals surface area contributed by atoms with Crippen molar-refractivity contribution < 1.29 is 9.66 Å². The Bertz CT molecular complexity index is 629. The summed E-state index contributed by atoms with van der Waals surface area (Å²) in [5.41, 5.74) is 7.54. The van der Waals surface area contributed by atoms with Crippen LogP contribution in [0, 0.1) is 10.1 Å². The maximum atomic E-state index is 10.9. The van der Waals surface area contributed by atoms with Crippen molar-refractivity contribution in [1.29, 1.82) is 0 Å². The van der Waals surface area contributed by atoms with Crippen molar-refractivity contribution in [1.82, 2.24) is 0 Å². The van der Waals surface area contributed by atoms with Crippen LogP contribution >= 0.6 is 11.8 Å². The third-order valence-electron chi connectivity index (χ3n) is 2.96. The first-order valence-corrected chi connectivity index (χ1v) is 7.35. The molecule has 2 N–H and O–H groups in total. The number of rotatable bonds is 6. The fraction of sp³-hybridized carbons (Fsp3) is 0.200. The van der Waals surface area contributed by atoms with Crippen LogP contribution in [-0.4, -0.2) is 12.0 Å².